The van der Waals surface area contributed by atoms with Crippen LogP contribution in [-0.4, -0.2) is 94.9 Å². The third kappa shape index (κ3) is 13.4. The third-order valence-electron chi connectivity index (χ3n) is 17.6. The number of aromatic nitrogens is 5. The minimum atomic E-state index is -2.73. The number of rotatable bonds is 16. The maximum atomic E-state index is 13.7. The average Bonchev–Trinajstić information content (AvgIpc) is 2.71. The maximum Gasteiger partial charge on any atom is 0.248 e. The number of halogens is 4. The summed E-state index contributed by atoms with van der Waals surface area (Å²) in [6.45, 7) is 4.56. The topological polar surface area (TPSA) is 113 Å². The van der Waals surface area contributed by atoms with Crippen molar-refractivity contribution in [3.05, 3.63) is 101 Å². The zero-order valence-corrected chi connectivity index (χ0v) is 45.4. The van der Waals surface area contributed by atoms with Gasteiger partial charge in [0, 0.05) is 114 Å². The zero-order chi connectivity index (χ0) is 59.8. The van der Waals surface area contributed by atoms with Crippen LogP contribution in [0.3, 0.4) is 0 Å². The first-order chi connectivity index (χ1) is 39.1. The maximum absolute atomic E-state index is 13.7. The molecule has 15 heteroatoms. The number of nitrogens with one attached hydrogen (secondary N) is 2. The van der Waals surface area contributed by atoms with E-state index in [-0.39, 0.29) is 118 Å². The van der Waals surface area contributed by atoms with Crippen LogP contribution in [0.4, 0.5) is 17.6 Å². The Hall–Kier alpha value is -4.63. The molecule has 6 heterocycles. The Morgan fingerprint density at radius 2 is 1.03 bits per heavy atom. The summed E-state index contributed by atoms with van der Waals surface area (Å²) < 4.78 is 121. The number of carbonyl (C=O) groups excluding carboxylic acids is 2. The fourth-order valence-corrected chi connectivity index (χ4v) is 13.5. The Morgan fingerprint density at radius 1 is 0.605 bits per heavy atom. The average molecular weight is 1060 g/mol. The first-order valence-corrected chi connectivity index (χ1v) is 28.6. The van der Waals surface area contributed by atoms with Gasteiger partial charge in [0.25, 0.3) is 0 Å². The van der Waals surface area contributed by atoms with E-state index in [1.54, 1.807) is 4.57 Å². The standard InChI is InChI=1S/C31H44F2N4O.C30H43F2N5O/c1-21(2)29-20-34-22(3)37(29)27-18-25-10-7-11-26(19-27)36(25)17-14-28(23-8-5-4-6-9-23)35-30(38)24-12-15-31(32,33)16-13-24;1-20(2)28-35-34-21(3)37(28)26-18-24-10-7-11-25(19-26)36(24)17-14-27(22-8-5-4-6-9-22)33-29(38)23-12-15-30(31,32)16-13-23/h4-6,8-9,20-21,24-28H,7,10-19H2,1-3H3,(H,35,38);4-6,8-9,20,23-27H,7,10-19H2,1-3H3,(H,33,38)/t25?,26?,27?,28-;24?,25?,26?,27-/m00/s1/i17D2;3D3,17D2. The fourth-order valence-electron chi connectivity index (χ4n) is 13.5. The van der Waals surface area contributed by atoms with Crippen molar-refractivity contribution in [1.82, 2.24) is 44.7 Å². The molecule has 10 rings (SSSR count). The second-order valence-electron chi connectivity index (χ2n) is 23.6. The molecule has 6 atom stereocenters. The number of carbonyl (C=O) groups is 2. The summed E-state index contributed by atoms with van der Waals surface area (Å²) in [6.07, 6.45) is 9.97. The van der Waals surface area contributed by atoms with Gasteiger partial charge >= 0.3 is 0 Å². The molecule has 0 radical (unpaired) electrons. The van der Waals surface area contributed by atoms with E-state index < -0.39 is 55.6 Å². The Bertz CT molecular complexity index is 2770. The molecule has 4 bridgehead atoms. The number of aryl methyl sites for hydroxylation is 2. The van der Waals surface area contributed by atoms with Crippen LogP contribution in [0.2, 0.25) is 0 Å². The molecule has 0 spiro atoms. The zero-order valence-electron chi connectivity index (χ0n) is 52.4. The molecule has 76 heavy (non-hydrogen) atoms. The predicted molar refractivity (Wildman–Crippen MR) is 290 cm³/mol. The van der Waals surface area contributed by atoms with E-state index >= 15 is 0 Å². The third-order valence-corrected chi connectivity index (χ3v) is 17.6. The Morgan fingerprint density at radius 3 is 1.42 bits per heavy atom. The molecule has 2 N–H and O–H groups in total. The molecular formula is C61H87F4N9O2. The second kappa shape index (κ2) is 24.6. The molecule has 6 fully saturated rings. The highest BCUT2D eigenvalue weighted by atomic mass is 19.3. The van der Waals surface area contributed by atoms with Crippen molar-refractivity contribution in [3.8, 4) is 0 Å². The number of benzene rings is 2. The lowest BCUT2D eigenvalue weighted by atomic mass is 9.81. The van der Waals surface area contributed by atoms with Crippen molar-refractivity contribution in [2.45, 2.75) is 242 Å². The summed E-state index contributed by atoms with van der Waals surface area (Å²) in [5.41, 5.74) is 2.86. The quantitative estimate of drug-likeness (QED) is 0.107. The van der Waals surface area contributed by atoms with Crippen LogP contribution in [-0.2, 0) is 9.59 Å². The lowest BCUT2D eigenvalue weighted by Gasteiger charge is -2.50. The van der Waals surface area contributed by atoms with Crippen molar-refractivity contribution in [1.29, 1.82) is 0 Å². The van der Waals surface area contributed by atoms with E-state index in [0.29, 0.717) is 30.6 Å². The highest BCUT2D eigenvalue weighted by Gasteiger charge is 2.43. The van der Waals surface area contributed by atoms with Crippen LogP contribution >= 0.6 is 0 Å². The van der Waals surface area contributed by atoms with E-state index in [1.807, 2.05) is 85.6 Å². The molecule has 11 nitrogen and oxygen atoms in total. The van der Waals surface area contributed by atoms with Crippen molar-refractivity contribution in [2.75, 3.05) is 13.0 Å². The highest BCUT2D eigenvalue weighted by molar-refractivity contribution is 5.79. The number of nitrogens with zero attached hydrogens (tertiary/aromatic N) is 7. The van der Waals surface area contributed by atoms with Gasteiger partial charge in [-0.3, -0.25) is 19.4 Å². The van der Waals surface area contributed by atoms with Gasteiger partial charge in [0.2, 0.25) is 23.7 Å². The van der Waals surface area contributed by atoms with Crippen molar-refractivity contribution >= 4 is 11.8 Å². The van der Waals surface area contributed by atoms with E-state index in [4.69, 9.17) is 4.11 Å². The van der Waals surface area contributed by atoms with Crippen LogP contribution in [0.15, 0.2) is 66.9 Å². The molecule has 6 aliphatic rings. The van der Waals surface area contributed by atoms with Gasteiger partial charge in [0.15, 0.2) is 0 Å². The van der Waals surface area contributed by atoms with Crippen LogP contribution in [0.5, 0.6) is 0 Å². The minimum absolute atomic E-state index is 0.00763. The van der Waals surface area contributed by atoms with E-state index in [0.717, 1.165) is 68.3 Å². The Labute approximate surface area is 460 Å². The van der Waals surface area contributed by atoms with E-state index in [1.165, 1.54) is 5.69 Å². The molecule has 2 aliphatic carbocycles. The summed E-state index contributed by atoms with van der Waals surface area (Å²) in [4.78, 5) is 35.2. The van der Waals surface area contributed by atoms with Gasteiger partial charge in [-0.05, 0) is 121 Å². The van der Waals surface area contributed by atoms with Crippen LogP contribution < -0.4 is 10.6 Å². The van der Waals surface area contributed by atoms with Crippen molar-refractivity contribution < 1.29 is 36.7 Å². The molecule has 2 amide bonds. The van der Waals surface area contributed by atoms with Gasteiger partial charge in [-0.15, -0.1) is 10.2 Å². The number of hydrogen-bond donors (Lipinski definition) is 2. The molecular weight excluding hydrogens is 967 g/mol. The number of imidazole rings is 1. The molecule has 416 valence electrons. The summed E-state index contributed by atoms with van der Waals surface area (Å²) in [6, 6.07) is 17.8. The summed E-state index contributed by atoms with van der Waals surface area (Å²) in [7, 11) is 0. The lowest BCUT2D eigenvalue weighted by Crippen LogP contribution is -2.53. The molecule has 4 aromatic rings. The molecule has 2 aromatic carbocycles. The SMILES string of the molecule is [2H]C([2H])(C[C@H](NC(=O)C1CCC(F)(F)CC1)c1ccccc1)N1C2CCCC1CC(n1c(C(C)C)cnc1C)C2.[2H]C([2H])([2H])c1nnc(C(C)C)n1C1CC2CCCC(C1)N2C([2H])([2H])C[C@H](NC(=O)C1CCC(F)(F)CC1)c1ccccc1. The first-order valence-electron chi connectivity index (χ1n) is 32.1. The smallest absolute Gasteiger partial charge is 0.248 e. The summed E-state index contributed by atoms with van der Waals surface area (Å²) in [5.74, 6) is -4.93. The van der Waals surface area contributed by atoms with Gasteiger partial charge in [-0.1, -0.05) is 101 Å². The van der Waals surface area contributed by atoms with Gasteiger partial charge in [0.1, 0.15) is 17.5 Å². The lowest BCUT2D eigenvalue weighted by molar-refractivity contribution is -0.131. The normalized spacial score (nSPS) is 28.8. The van der Waals surface area contributed by atoms with E-state index in [2.05, 4.69) is 56.1 Å². The first kappa shape index (κ1) is 47.4. The highest BCUT2D eigenvalue weighted by Crippen LogP contribution is 2.44. The van der Waals surface area contributed by atoms with Crippen LogP contribution in [0, 0.1) is 25.6 Å². The second-order valence-corrected chi connectivity index (χ2v) is 23.6. The minimum Gasteiger partial charge on any atom is -0.349 e. The van der Waals surface area contributed by atoms with Crippen LogP contribution in [0.25, 0.3) is 0 Å². The van der Waals surface area contributed by atoms with Crippen LogP contribution in [0.1, 0.15) is 236 Å². The van der Waals surface area contributed by atoms with E-state index in [9.17, 15) is 32.6 Å². The number of hydrogen-bond acceptors (Lipinski definition) is 7. The summed E-state index contributed by atoms with van der Waals surface area (Å²) >= 11 is 0. The number of alkyl halides is 4. The monoisotopic (exact) mass is 1060 g/mol. The molecule has 2 saturated carbocycles. The van der Waals surface area contributed by atoms with Gasteiger partial charge in [0.05, 0.1) is 12.1 Å². The molecule has 4 aliphatic heterocycles. The number of piperidine rings is 4. The predicted octanol–water partition coefficient (Wildman–Crippen LogP) is 13.3. The van der Waals surface area contributed by atoms with Gasteiger partial charge in [-0.2, -0.15) is 0 Å². The molecule has 4 saturated heterocycles. The molecule has 4 unspecified atom stereocenters. The van der Waals surface area contributed by atoms with Crippen molar-refractivity contribution in [3.63, 3.8) is 0 Å². The van der Waals surface area contributed by atoms with Crippen molar-refractivity contribution in [2.24, 2.45) is 11.8 Å². The number of fused-ring (bicyclic) bond motifs is 4. The fraction of sp³-hybridized carbons (Fsp3) is 0.689. The Kier molecular flexibility index (Phi) is 15.3. The molecule has 2 aromatic heterocycles. The number of amides is 2. The van der Waals surface area contributed by atoms with Gasteiger partial charge in [-0.25, -0.2) is 22.5 Å². The van der Waals surface area contributed by atoms with Gasteiger partial charge < -0.3 is 19.8 Å². The Balaban J connectivity index is 0.000000200. The summed E-state index contributed by atoms with van der Waals surface area (Å²) in [5, 5.41) is 14.4. The largest absolute Gasteiger partial charge is 0.349 e.